The highest BCUT2D eigenvalue weighted by Crippen LogP contribution is 2.34. The number of benzene rings is 1. The molecule has 3 rings (SSSR count). The van der Waals surface area contributed by atoms with Crippen molar-refractivity contribution < 1.29 is 19.0 Å². The zero-order valence-corrected chi connectivity index (χ0v) is 13.5. The summed E-state index contributed by atoms with van der Waals surface area (Å²) in [5, 5.41) is 5.67. The molecule has 1 aromatic rings. The number of hydrogen-bond donors (Lipinski definition) is 2. The van der Waals surface area contributed by atoms with Gasteiger partial charge in [-0.15, -0.1) is 0 Å². The fraction of sp³-hybridized carbons (Fsp3) is 0.562. The van der Waals surface area contributed by atoms with Gasteiger partial charge in [0.15, 0.2) is 11.5 Å². The number of hydrogen-bond acceptors (Lipinski definition) is 5. The van der Waals surface area contributed by atoms with Crippen molar-refractivity contribution in [3.63, 3.8) is 0 Å². The molecule has 7 nitrogen and oxygen atoms in total. The van der Waals surface area contributed by atoms with Gasteiger partial charge >= 0.3 is 6.03 Å². The number of carbonyl (C=O) groups excluding carboxylic acids is 1. The third-order valence-electron chi connectivity index (χ3n) is 3.84. The lowest BCUT2D eigenvalue weighted by Crippen LogP contribution is -2.48. The lowest BCUT2D eigenvalue weighted by Gasteiger charge is -2.35. The molecule has 2 aliphatic rings. The number of urea groups is 1. The van der Waals surface area contributed by atoms with E-state index < -0.39 is 0 Å². The molecular formula is C16H23N3O4. The van der Waals surface area contributed by atoms with Gasteiger partial charge in [-0.3, -0.25) is 4.90 Å². The largest absolute Gasteiger partial charge is 0.454 e. The molecule has 2 heterocycles. The van der Waals surface area contributed by atoms with Crippen LogP contribution in [0.25, 0.3) is 0 Å². The van der Waals surface area contributed by atoms with Gasteiger partial charge in [0.25, 0.3) is 0 Å². The molecule has 126 valence electrons. The summed E-state index contributed by atoms with van der Waals surface area (Å²) in [7, 11) is 0. The standard InChI is InChI=1S/C16H23N3O4/c1-11-8-19(9-12(2)23-11)6-5-17-16(20)18-13-3-4-14-15(7-13)22-10-21-14/h3-4,7,11-12H,5-6,8-10H2,1-2H3,(H2,17,18,20)/t11-,12-/m1/s1. The molecule has 7 heteroatoms. The van der Waals surface area contributed by atoms with E-state index in [9.17, 15) is 4.79 Å². The summed E-state index contributed by atoms with van der Waals surface area (Å²) in [4.78, 5) is 14.3. The van der Waals surface area contributed by atoms with Crippen LogP contribution in [-0.2, 0) is 4.74 Å². The molecule has 1 aromatic carbocycles. The zero-order chi connectivity index (χ0) is 16.2. The Labute approximate surface area is 135 Å². The van der Waals surface area contributed by atoms with E-state index in [0.717, 1.165) is 19.6 Å². The van der Waals surface area contributed by atoms with E-state index in [1.165, 1.54) is 0 Å². The number of carbonyl (C=O) groups is 1. The highest BCUT2D eigenvalue weighted by molar-refractivity contribution is 5.89. The third kappa shape index (κ3) is 4.27. The number of amides is 2. The van der Waals surface area contributed by atoms with Gasteiger partial charge in [-0.05, 0) is 26.0 Å². The number of anilines is 1. The van der Waals surface area contributed by atoms with Crippen LogP contribution in [0.4, 0.5) is 10.5 Å². The summed E-state index contributed by atoms with van der Waals surface area (Å²) in [6.07, 6.45) is 0.474. The fourth-order valence-corrected chi connectivity index (χ4v) is 2.94. The summed E-state index contributed by atoms with van der Waals surface area (Å²) in [6.45, 7) is 7.57. The molecule has 0 spiro atoms. The van der Waals surface area contributed by atoms with Crippen molar-refractivity contribution in [1.82, 2.24) is 10.2 Å². The van der Waals surface area contributed by atoms with Crippen molar-refractivity contribution in [2.75, 3.05) is 38.3 Å². The summed E-state index contributed by atoms with van der Waals surface area (Å²) in [5.74, 6) is 1.35. The zero-order valence-electron chi connectivity index (χ0n) is 13.5. The van der Waals surface area contributed by atoms with Gasteiger partial charge in [0, 0.05) is 37.9 Å². The second-order valence-corrected chi connectivity index (χ2v) is 5.97. The predicted octanol–water partition coefficient (Wildman–Crippen LogP) is 1.65. The number of rotatable bonds is 4. The first-order chi connectivity index (χ1) is 11.1. The maximum Gasteiger partial charge on any atom is 0.319 e. The van der Waals surface area contributed by atoms with E-state index in [0.29, 0.717) is 23.7 Å². The van der Waals surface area contributed by atoms with Crippen LogP contribution in [0.1, 0.15) is 13.8 Å². The molecule has 0 aromatic heterocycles. The fourth-order valence-electron chi connectivity index (χ4n) is 2.94. The minimum absolute atomic E-state index is 0.224. The number of ether oxygens (including phenoxy) is 3. The van der Waals surface area contributed by atoms with Gasteiger partial charge in [0.05, 0.1) is 12.2 Å². The smallest absolute Gasteiger partial charge is 0.319 e. The number of nitrogens with zero attached hydrogens (tertiary/aromatic N) is 1. The number of nitrogens with one attached hydrogen (secondary N) is 2. The Morgan fingerprint density at radius 3 is 2.74 bits per heavy atom. The average molecular weight is 321 g/mol. The van der Waals surface area contributed by atoms with Crippen molar-refractivity contribution in [3.8, 4) is 11.5 Å². The van der Waals surface area contributed by atoms with E-state index in [-0.39, 0.29) is 25.0 Å². The Kier molecular flexibility index (Phi) is 4.88. The molecule has 1 fully saturated rings. The van der Waals surface area contributed by atoms with Gasteiger partial charge in [0.2, 0.25) is 6.79 Å². The molecule has 0 unspecified atom stereocenters. The van der Waals surface area contributed by atoms with Gasteiger partial charge in [0.1, 0.15) is 0 Å². The quantitative estimate of drug-likeness (QED) is 0.882. The van der Waals surface area contributed by atoms with Crippen LogP contribution in [0.3, 0.4) is 0 Å². The second-order valence-electron chi connectivity index (χ2n) is 5.97. The molecule has 0 saturated carbocycles. The monoisotopic (exact) mass is 321 g/mol. The van der Waals surface area contributed by atoms with Crippen molar-refractivity contribution in [1.29, 1.82) is 0 Å². The number of morpholine rings is 1. The van der Waals surface area contributed by atoms with Crippen LogP contribution in [0.2, 0.25) is 0 Å². The topological polar surface area (TPSA) is 72.1 Å². The Morgan fingerprint density at radius 1 is 1.22 bits per heavy atom. The van der Waals surface area contributed by atoms with Gasteiger partial charge in [-0.2, -0.15) is 0 Å². The first-order valence-corrected chi connectivity index (χ1v) is 7.92. The Balaban J connectivity index is 1.41. The Hall–Kier alpha value is -1.99. The van der Waals surface area contributed by atoms with E-state index in [2.05, 4.69) is 29.4 Å². The third-order valence-corrected chi connectivity index (χ3v) is 3.84. The molecule has 2 atom stereocenters. The Morgan fingerprint density at radius 2 is 1.96 bits per heavy atom. The van der Waals surface area contributed by atoms with Crippen LogP contribution in [0.15, 0.2) is 18.2 Å². The highest BCUT2D eigenvalue weighted by Gasteiger charge is 2.21. The van der Waals surface area contributed by atoms with E-state index in [4.69, 9.17) is 14.2 Å². The molecular weight excluding hydrogens is 298 g/mol. The molecule has 2 aliphatic heterocycles. The summed E-state index contributed by atoms with van der Waals surface area (Å²) in [6, 6.07) is 5.11. The summed E-state index contributed by atoms with van der Waals surface area (Å²) in [5.41, 5.74) is 0.681. The van der Waals surface area contributed by atoms with Gasteiger partial charge < -0.3 is 24.8 Å². The number of fused-ring (bicyclic) bond motifs is 1. The minimum atomic E-state index is -0.224. The van der Waals surface area contributed by atoms with Gasteiger partial charge in [-0.1, -0.05) is 0 Å². The summed E-state index contributed by atoms with van der Waals surface area (Å²) >= 11 is 0. The first-order valence-electron chi connectivity index (χ1n) is 7.92. The average Bonchev–Trinajstić information content (AvgIpc) is 2.93. The van der Waals surface area contributed by atoms with E-state index >= 15 is 0 Å². The molecule has 0 radical (unpaired) electrons. The minimum Gasteiger partial charge on any atom is -0.454 e. The maximum absolute atomic E-state index is 11.9. The molecule has 2 N–H and O–H groups in total. The normalized spacial score (nSPS) is 23.6. The van der Waals surface area contributed by atoms with Crippen molar-refractivity contribution >= 4 is 11.7 Å². The van der Waals surface area contributed by atoms with Crippen LogP contribution >= 0.6 is 0 Å². The molecule has 1 saturated heterocycles. The first kappa shape index (κ1) is 15.9. The van der Waals surface area contributed by atoms with Crippen molar-refractivity contribution in [2.45, 2.75) is 26.1 Å². The predicted molar refractivity (Wildman–Crippen MR) is 86.0 cm³/mol. The molecule has 2 amide bonds. The molecule has 23 heavy (non-hydrogen) atoms. The highest BCUT2D eigenvalue weighted by atomic mass is 16.7. The van der Waals surface area contributed by atoms with E-state index in [1.54, 1.807) is 18.2 Å². The maximum atomic E-state index is 11.9. The molecule has 0 aliphatic carbocycles. The SMILES string of the molecule is C[C@@H]1CN(CCNC(=O)Nc2ccc3c(c2)OCO3)C[C@@H](C)O1. The van der Waals surface area contributed by atoms with Crippen LogP contribution < -0.4 is 20.1 Å². The van der Waals surface area contributed by atoms with E-state index in [1.807, 2.05) is 0 Å². The lowest BCUT2D eigenvalue weighted by atomic mass is 10.2. The van der Waals surface area contributed by atoms with Crippen molar-refractivity contribution in [3.05, 3.63) is 18.2 Å². The van der Waals surface area contributed by atoms with Gasteiger partial charge in [-0.25, -0.2) is 4.79 Å². The van der Waals surface area contributed by atoms with Crippen molar-refractivity contribution in [2.24, 2.45) is 0 Å². The van der Waals surface area contributed by atoms with Crippen LogP contribution in [0.5, 0.6) is 11.5 Å². The Bertz CT molecular complexity index is 556. The second kappa shape index (κ2) is 7.06. The summed E-state index contributed by atoms with van der Waals surface area (Å²) < 4.78 is 16.2. The van der Waals surface area contributed by atoms with Crippen LogP contribution in [-0.4, -0.2) is 56.1 Å². The van der Waals surface area contributed by atoms with Crippen LogP contribution in [0, 0.1) is 0 Å². The lowest BCUT2D eigenvalue weighted by molar-refractivity contribution is -0.0672. The molecule has 0 bridgehead atoms.